The lowest BCUT2D eigenvalue weighted by molar-refractivity contribution is 0.102. The van der Waals surface area contributed by atoms with Crippen LogP contribution in [-0.4, -0.2) is 42.6 Å². The van der Waals surface area contributed by atoms with Crippen molar-refractivity contribution in [2.75, 3.05) is 16.0 Å². The van der Waals surface area contributed by atoms with Crippen molar-refractivity contribution in [3.8, 4) is 11.1 Å². The quantitative estimate of drug-likeness (QED) is 0.239. The van der Waals surface area contributed by atoms with Crippen molar-refractivity contribution in [3.63, 3.8) is 0 Å². The Hall–Kier alpha value is -4.83. The number of nitrogens with two attached hydrogens (primary N) is 1. The molecule has 39 heavy (non-hydrogen) atoms. The van der Waals surface area contributed by atoms with E-state index < -0.39 is 0 Å². The van der Waals surface area contributed by atoms with Gasteiger partial charge in [-0.05, 0) is 55.5 Å². The molecular formula is C29H29N9O. The lowest BCUT2D eigenvalue weighted by Crippen LogP contribution is -2.33. The zero-order valence-electron chi connectivity index (χ0n) is 21.3. The van der Waals surface area contributed by atoms with Crippen molar-refractivity contribution >= 4 is 34.6 Å². The summed E-state index contributed by atoms with van der Waals surface area (Å²) >= 11 is 0. The number of imidazole rings is 1. The average Bonchev–Trinajstić information content (AvgIpc) is 3.40. The van der Waals surface area contributed by atoms with Crippen molar-refractivity contribution in [3.05, 3.63) is 91.1 Å². The third-order valence-electron chi connectivity index (χ3n) is 6.90. The maximum absolute atomic E-state index is 13.2. The van der Waals surface area contributed by atoms with E-state index in [1.54, 1.807) is 29.0 Å². The summed E-state index contributed by atoms with van der Waals surface area (Å²) in [5.74, 6) is 0.976. The van der Waals surface area contributed by atoms with Gasteiger partial charge in [0.1, 0.15) is 11.6 Å². The summed E-state index contributed by atoms with van der Waals surface area (Å²) in [6.07, 6.45) is 10.5. The van der Waals surface area contributed by atoms with Crippen LogP contribution < -0.4 is 21.7 Å². The number of hydrogen-bond acceptors (Lipinski definition) is 8. The average molecular weight is 520 g/mol. The molecule has 6 rings (SSSR count). The van der Waals surface area contributed by atoms with Crippen molar-refractivity contribution in [2.45, 2.75) is 37.8 Å². The first-order valence-electron chi connectivity index (χ1n) is 13.0. The molecule has 1 saturated carbocycles. The number of anilines is 4. The third-order valence-corrected chi connectivity index (χ3v) is 6.90. The van der Waals surface area contributed by atoms with Crippen LogP contribution in [0.2, 0.25) is 0 Å². The summed E-state index contributed by atoms with van der Waals surface area (Å²) in [5, 5.41) is 14.5. The lowest BCUT2D eigenvalue weighted by atomic mass is 9.92. The van der Waals surface area contributed by atoms with Crippen LogP contribution in [0.5, 0.6) is 0 Å². The van der Waals surface area contributed by atoms with Crippen LogP contribution in [0.3, 0.4) is 0 Å². The van der Waals surface area contributed by atoms with E-state index in [2.05, 4.69) is 43.0 Å². The number of hydrogen-bond donors (Lipinski definition) is 4. The lowest BCUT2D eigenvalue weighted by Gasteiger charge is -2.27. The molecule has 0 spiro atoms. The Labute approximate surface area is 225 Å². The molecule has 10 heteroatoms. The molecule has 1 aliphatic rings. The van der Waals surface area contributed by atoms with Gasteiger partial charge in [-0.3, -0.25) is 9.78 Å². The van der Waals surface area contributed by atoms with Gasteiger partial charge < -0.3 is 21.7 Å². The molecule has 5 N–H and O–H groups in total. The molecule has 5 aromatic rings. The Kier molecular flexibility index (Phi) is 6.84. The van der Waals surface area contributed by atoms with E-state index >= 15 is 0 Å². The highest BCUT2D eigenvalue weighted by molar-refractivity contribution is 6.03. The minimum atomic E-state index is -0.321. The van der Waals surface area contributed by atoms with E-state index in [9.17, 15) is 4.79 Å². The molecule has 1 aliphatic carbocycles. The topological polar surface area (TPSA) is 135 Å². The van der Waals surface area contributed by atoms with E-state index in [0.717, 1.165) is 36.8 Å². The van der Waals surface area contributed by atoms with E-state index in [-0.39, 0.29) is 18.0 Å². The number of benzene rings is 1. The summed E-state index contributed by atoms with van der Waals surface area (Å²) in [6.45, 7) is 0. The summed E-state index contributed by atoms with van der Waals surface area (Å²) < 4.78 is 1.56. The van der Waals surface area contributed by atoms with Gasteiger partial charge in [-0.1, -0.05) is 30.3 Å². The Bertz CT molecular complexity index is 1560. The molecule has 1 fully saturated rings. The minimum absolute atomic E-state index is 0.248. The van der Waals surface area contributed by atoms with E-state index in [4.69, 9.17) is 10.8 Å². The third kappa shape index (κ3) is 5.55. The van der Waals surface area contributed by atoms with Gasteiger partial charge >= 0.3 is 0 Å². The predicted molar refractivity (Wildman–Crippen MR) is 152 cm³/mol. The molecule has 1 amide bonds. The van der Waals surface area contributed by atoms with Crippen molar-refractivity contribution in [2.24, 2.45) is 5.73 Å². The summed E-state index contributed by atoms with van der Waals surface area (Å²) in [4.78, 5) is 26.3. The highest BCUT2D eigenvalue weighted by atomic mass is 16.2. The van der Waals surface area contributed by atoms with E-state index in [0.29, 0.717) is 34.4 Å². The minimum Gasteiger partial charge on any atom is -0.366 e. The van der Waals surface area contributed by atoms with Gasteiger partial charge in [0.15, 0.2) is 11.3 Å². The van der Waals surface area contributed by atoms with Gasteiger partial charge in [0.05, 0.1) is 11.9 Å². The smallest absolute Gasteiger partial charge is 0.276 e. The fourth-order valence-electron chi connectivity index (χ4n) is 4.80. The van der Waals surface area contributed by atoms with Gasteiger partial charge in [0, 0.05) is 48.0 Å². The molecule has 0 unspecified atom stereocenters. The Balaban J connectivity index is 1.32. The first-order chi connectivity index (χ1) is 19.1. The molecule has 10 nitrogen and oxygen atoms in total. The second-order valence-electron chi connectivity index (χ2n) is 9.69. The Morgan fingerprint density at radius 3 is 2.41 bits per heavy atom. The van der Waals surface area contributed by atoms with Crippen molar-refractivity contribution < 1.29 is 4.79 Å². The number of rotatable bonds is 7. The van der Waals surface area contributed by atoms with Gasteiger partial charge in [-0.15, -0.1) is 5.10 Å². The van der Waals surface area contributed by atoms with Crippen LogP contribution in [0.4, 0.5) is 23.0 Å². The highest BCUT2D eigenvalue weighted by Gasteiger charge is 2.21. The zero-order valence-corrected chi connectivity index (χ0v) is 21.3. The first-order valence-corrected chi connectivity index (χ1v) is 13.0. The van der Waals surface area contributed by atoms with Crippen LogP contribution in [0.15, 0.2) is 85.5 Å². The van der Waals surface area contributed by atoms with Crippen LogP contribution >= 0.6 is 0 Å². The molecular weight excluding hydrogens is 490 g/mol. The van der Waals surface area contributed by atoms with Crippen LogP contribution in [-0.2, 0) is 0 Å². The zero-order chi connectivity index (χ0) is 26.6. The van der Waals surface area contributed by atoms with Crippen LogP contribution in [0.1, 0.15) is 36.2 Å². The number of fused-ring (bicyclic) bond motifs is 1. The monoisotopic (exact) mass is 519 g/mol. The molecule has 0 saturated heterocycles. The van der Waals surface area contributed by atoms with Crippen molar-refractivity contribution in [1.29, 1.82) is 0 Å². The number of aromatic nitrogens is 5. The van der Waals surface area contributed by atoms with Gasteiger partial charge in [0.25, 0.3) is 5.91 Å². The van der Waals surface area contributed by atoms with E-state index in [1.165, 1.54) is 6.20 Å². The molecule has 0 bridgehead atoms. The summed E-state index contributed by atoms with van der Waals surface area (Å²) in [7, 11) is 0. The number of nitrogens with one attached hydrogen (secondary N) is 3. The van der Waals surface area contributed by atoms with Gasteiger partial charge in [-0.25, -0.2) is 14.5 Å². The number of pyridine rings is 2. The number of nitrogens with zero attached hydrogens (tertiary/aromatic N) is 5. The molecule has 196 valence electrons. The molecule has 4 aromatic heterocycles. The molecule has 4 heterocycles. The normalized spacial score (nSPS) is 17.1. The van der Waals surface area contributed by atoms with E-state index in [1.807, 2.05) is 42.6 Å². The Morgan fingerprint density at radius 2 is 1.67 bits per heavy atom. The highest BCUT2D eigenvalue weighted by Crippen LogP contribution is 2.27. The SMILES string of the molecule is NC1CCC(Nc2cc(Nc3ccc(-c4ccccc4)cn3)c3ncc(C(=O)Nc4ccncc4)n3n2)CC1. The second kappa shape index (κ2) is 10.9. The standard InChI is InChI=1S/C29H29N9O/c30-21-7-9-22(10-8-21)34-27-16-24(36-26-11-6-20(17-32-26)19-4-2-1-3-5-19)28-33-18-25(38(28)37-27)29(39)35-23-12-14-31-15-13-23/h1-6,11-18,21-22H,7-10,30H2,(H,32,36)(H,34,37)(H,31,35,39). The van der Waals surface area contributed by atoms with Crippen molar-refractivity contribution in [1.82, 2.24) is 24.6 Å². The number of carbonyl (C=O) groups excluding carboxylic acids is 1. The van der Waals surface area contributed by atoms with Crippen LogP contribution in [0.25, 0.3) is 16.8 Å². The predicted octanol–water partition coefficient (Wildman–Crippen LogP) is 4.86. The molecule has 1 aromatic carbocycles. The summed E-state index contributed by atoms with van der Waals surface area (Å²) in [6, 6.07) is 19.9. The number of amides is 1. The first kappa shape index (κ1) is 24.5. The second-order valence-corrected chi connectivity index (χ2v) is 9.69. The fourth-order valence-corrected chi connectivity index (χ4v) is 4.80. The maximum Gasteiger partial charge on any atom is 0.276 e. The maximum atomic E-state index is 13.2. The largest absolute Gasteiger partial charge is 0.366 e. The van der Waals surface area contributed by atoms with Gasteiger partial charge in [0.2, 0.25) is 0 Å². The summed E-state index contributed by atoms with van der Waals surface area (Å²) in [5.41, 5.74) is 10.4. The molecule has 0 aliphatic heterocycles. The van der Waals surface area contributed by atoms with Crippen LogP contribution in [0, 0.1) is 0 Å². The fraction of sp³-hybridized carbons (Fsp3) is 0.207. The molecule has 0 radical (unpaired) electrons. The Morgan fingerprint density at radius 1 is 0.872 bits per heavy atom. The molecule has 0 atom stereocenters. The van der Waals surface area contributed by atoms with Gasteiger partial charge in [-0.2, -0.15) is 0 Å². The number of carbonyl (C=O) groups is 1.